The maximum atomic E-state index is 12.3. The van der Waals surface area contributed by atoms with Crippen LogP contribution >= 0.6 is 0 Å². The smallest absolute Gasteiger partial charge is 0.337 e. The molecule has 0 aliphatic carbocycles. The standard InChI is InChI=1S/C21H22N2O4/c1-3-17-18(20(24)26-2)19(23-21(25)22-17)15-9-11-16(12-10-15)27-13-14-7-5-4-6-8-14/h4-12,19H,3,13H2,1-2H3,(H2,22,23,25). The van der Waals surface area contributed by atoms with Crippen molar-refractivity contribution >= 4 is 12.0 Å². The Morgan fingerprint density at radius 1 is 1.07 bits per heavy atom. The van der Waals surface area contributed by atoms with Crippen LogP contribution in [0.2, 0.25) is 0 Å². The van der Waals surface area contributed by atoms with E-state index in [9.17, 15) is 9.59 Å². The summed E-state index contributed by atoms with van der Waals surface area (Å²) in [6.07, 6.45) is 0.520. The highest BCUT2D eigenvalue weighted by Gasteiger charge is 2.32. The molecule has 3 rings (SSSR count). The number of carbonyl (C=O) groups excluding carboxylic acids is 2. The molecule has 0 saturated carbocycles. The lowest BCUT2D eigenvalue weighted by Crippen LogP contribution is -2.45. The largest absolute Gasteiger partial charge is 0.489 e. The maximum absolute atomic E-state index is 12.3. The van der Waals surface area contributed by atoms with E-state index in [1.807, 2.05) is 61.5 Å². The quantitative estimate of drug-likeness (QED) is 0.768. The Kier molecular flexibility index (Phi) is 5.76. The molecule has 1 heterocycles. The van der Waals surface area contributed by atoms with Gasteiger partial charge >= 0.3 is 12.0 Å². The van der Waals surface area contributed by atoms with Gasteiger partial charge in [0.05, 0.1) is 18.7 Å². The van der Waals surface area contributed by atoms with Crippen LogP contribution < -0.4 is 15.4 Å². The summed E-state index contributed by atoms with van der Waals surface area (Å²) in [5, 5.41) is 5.48. The van der Waals surface area contributed by atoms with Crippen LogP contribution in [0.15, 0.2) is 65.9 Å². The van der Waals surface area contributed by atoms with Crippen LogP contribution in [0.1, 0.15) is 30.5 Å². The molecule has 1 atom stereocenters. The van der Waals surface area contributed by atoms with Gasteiger partial charge in [0.15, 0.2) is 0 Å². The number of amides is 2. The minimum atomic E-state index is -0.565. The van der Waals surface area contributed by atoms with Crippen LogP contribution in [0.4, 0.5) is 4.79 Å². The first-order valence-corrected chi connectivity index (χ1v) is 8.78. The van der Waals surface area contributed by atoms with E-state index in [0.717, 1.165) is 11.1 Å². The molecule has 0 radical (unpaired) electrons. The summed E-state index contributed by atoms with van der Waals surface area (Å²) in [4.78, 5) is 24.2. The van der Waals surface area contributed by atoms with Gasteiger partial charge in [0.25, 0.3) is 0 Å². The summed E-state index contributed by atoms with van der Waals surface area (Å²) >= 11 is 0. The number of allylic oxidation sites excluding steroid dienone is 1. The van der Waals surface area contributed by atoms with E-state index in [0.29, 0.717) is 30.0 Å². The Bertz CT molecular complexity index is 844. The summed E-state index contributed by atoms with van der Waals surface area (Å²) in [5.41, 5.74) is 2.84. The van der Waals surface area contributed by atoms with Gasteiger partial charge in [0.2, 0.25) is 0 Å². The average molecular weight is 366 g/mol. The molecule has 0 fully saturated rings. The third-order valence-electron chi connectivity index (χ3n) is 4.37. The highest BCUT2D eigenvalue weighted by atomic mass is 16.5. The fraction of sp³-hybridized carbons (Fsp3) is 0.238. The molecule has 2 aromatic carbocycles. The Morgan fingerprint density at radius 2 is 1.78 bits per heavy atom. The van der Waals surface area contributed by atoms with Crippen molar-refractivity contribution in [3.8, 4) is 5.75 Å². The number of benzene rings is 2. The molecule has 140 valence electrons. The SMILES string of the molecule is CCC1=C(C(=O)OC)C(c2ccc(OCc3ccccc3)cc2)NC(=O)N1. The topological polar surface area (TPSA) is 76.7 Å². The van der Waals surface area contributed by atoms with Gasteiger partial charge in [-0.15, -0.1) is 0 Å². The molecule has 2 N–H and O–H groups in total. The summed E-state index contributed by atoms with van der Waals surface area (Å²) in [5.74, 6) is 0.246. The third kappa shape index (κ3) is 4.28. The fourth-order valence-electron chi connectivity index (χ4n) is 3.00. The zero-order valence-corrected chi connectivity index (χ0v) is 15.3. The van der Waals surface area contributed by atoms with E-state index in [2.05, 4.69) is 10.6 Å². The number of nitrogens with one attached hydrogen (secondary N) is 2. The number of methoxy groups -OCH3 is 1. The second-order valence-corrected chi connectivity index (χ2v) is 6.11. The normalized spacial score (nSPS) is 16.4. The van der Waals surface area contributed by atoms with Crippen molar-refractivity contribution < 1.29 is 19.1 Å². The molecule has 1 aliphatic heterocycles. The average Bonchev–Trinajstić information content (AvgIpc) is 2.72. The van der Waals surface area contributed by atoms with Crippen molar-refractivity contribution in [3.63, 3.8) is 0 Å². The number of urea groups is 1. The lowest BCUT2D eigenvalue weighted by Gasteiger charge is -2.28. The zero-order chi connectivity index (χ0) is 19.2. The minimum absolute atomic E-state index is 0.339. The summed E-state index contributed by atoms with van der Waals surface area (Å²) < 4.78 is 10.7. The van der Waals surface area contributed by atoms with Gasteiger partial charge in [-0.3, -0.25) is 0 Å². The Balaban J connectivity index is 1.80. The Hall–Kier alpha value is -3.28. The number of carbonyl (C=O) groups is 2. The highest BCUT2D eigenvalue weighted by Crippen LogP contribution is 2.29. The van der Waals surface area contributed by atoms with Crippen molar-refractivity contribution in [2.75, 3.05) is 7.11 Å². The van der Waals surface area contributed by atoms with E-state index in [1.54, 1.807) is 0 Å². The number of ether oxygens (including phenoxy) is 2. The van der Waals surface area contributed by atoms with Gasteiger partial charge in [-0.1, -0.05) is 49.4 Å². The number of hydrogen-bond acceptors (Lipinski definition) is 4. The predicted octanol–water partition coefficient (Wildman–Crippen LogP) is 3.46. The third-order valence-corrected chi connectivity index (χ3v) is 4.37. The van der Waals surface area contributed by atoms with Crippen LogP contribution in [0.3, 0.4) is 0 Å². The summed E-state index contributed by atoms with van der Waals surface area (Å²) in [6, 6.07) is 16.3. The van der Waals surface area contributed by atoms with Crippen molar-refractivity contribution in [1.82, 2.24) is 10.6 Å². The van der Waals surface area contributed by atoms with Gasteiger partial charge in [0.1, 0.15) is 12.4 Å². The first-order valence-electron chi connectivity index (χ1n) is 8.78. The van der Waals surface area contributed by atoms with E-state index in [1.165, 1.54) is 7.11 Å². The second-order valence-electron chi connectivity index (χ2n) is 6.11. The molecular formula is C21H22N2O4. The Labute approximate surface area is 158 Å². The monoisotopic (exact) mass is 366 g/mol. The molecule has 1 aliphatic rings. The molecule has 2 amide bonds. The molecule has 0 aromatic heterocycles. The van der Waals surface area contributed by atoms with Gasteiger partial charge in [0, 0.05) is 5.70 Å². The van der Waals surface area contributed by atoms with Gasteiger partial charge in [-0.05, 0) is 29.7 Å². The lowest BCUT2D eigenvalue weighted by molar-refractivity contribution is -0.136. The van der Waals surface area contributed by atoms with Crippen molar-refractivity contribution in [3.05, 3.63) is 77.0 Å². The minimum Gasteiger partial charge on any atom is -0.489 e. The molecule has 1 unspecified atom stereocenters. The van der Waals surface area contributed by atoms with Gasteiger partial charge in [-0.25, -0.2) is 9.59 Å². The van der Waals surface area contributed by atoms with E-state index in [-0.39, 0.29) is 6.03 Å². The molecule has 2 aromatic rings. The molecule has 0 bridgehead atoms. The number of esters is 1. The molecular weight excluding hydrogens is 344 g/mol. The number of hydrogen-bond donors (Lipinski definition) is 2. The zero-order valence-electron chi connectivity index (χ0n) is 15.3. The van der Waals surface area contributed by atoms with Crippen molar-refractivity contribution in [2.24, 2.45) is 0 Å². The highest BCUT2D eigenvalue weighted by molar-refractivity contribution is 5.95. The molecule has 27 heavy (non-hydrogen) atoms. The van der Waals surface area contributed by atoms with Crippen LogP contribution in [0.5, 0.6) is 5.75 Å². The van der Waals surface area contributed by atoms with Crippen LogP contribution in [0, 0.1) is 0 Å². The first-order chi connectivity index (χ1) is 13.1. The number of rotatable bonds is 6. The summed E-state index contributed by atoms with van der Waals surface area (Å²) in [6.45, 7) is 2.35. The first kappa shape index (κ1) is 18.5. The molecule has 0 spiro atoms. The van der Waals surface area contributed by atoms with E-state index in [4.69, 9.17) is 9.47 Å². The predicted molar refractivity (Wildman–Crippen MR) is 101 cm³/mol. The summed E-state index contributed by atoms with van der Waals surface area (Å²) in [7, 11) is 1.33. The maximum Gasteiger partial charge on any atom is 0.337 e. The molecule has 0 saturated heterocycles. The van der Waals surface area contributed by atoms with Crippen LogP contribution in [0.25, 0.3) is 0 Å². The van der Waals surface area contributed by atoms with Crippen molar-refractivity contribution in [1.29, 1.82) is 0 Å². The van der Waals surface area contributed by atoms with E-state index >= 15 is 0 Å². The van der Waals surface area contributed by atoms with Crippen molar-refractivity contribution in [2.45, 2.75) is 26.0 Å². The lowest BCUT2D eigenvalue weighted by atomic mass is 9.94. The fourth-order valence-corrected chi connectivity index (χ4v) is 3.00. The van der Waals surface area contributed by atoms with Gasteiger partial charge in [-0.2, -0.15) is 0 Å². The van der Waals surface area contributed by atoms with Gasteiger partial charge < -0.3 is 20.1 Å². The Morgan fingerprint density at radius 3 is 2.41 bits per heavy atom. The van der Waals surface area contributed by atoms with Crippen LogP contribution in [-0.2, 0) is 16.1 Å². The second kappa shape index (κ2) is 8.40. The molecule has 6 nitrogen and oxygen atoms in total. The van der Waals surface area contributed by atoms with Crippen LogP contribution in [-0.4, -0.2) is 19.1 Å². The van der Waals surface area contributed by atoms with E-state index < -0.39 is 12.0 Å². The molecule has 6 heteroatoms.